The molecule has 0 unspecified atom stereocenters. The first-order valence-corrected chi connectivity index (χ1v) is 10.8. The first-order valence-electron chi connectivity index (χ1n) is 10.8. The fourth-order valence-corrected chi connectivity index (χ4v) is 3.58. The van der Waals surface area contributed by atoms with E-state index in [0.29, 0.717) is 29.1 Å². The summed E-state index contributed by atoms with van der Waals surface area (Å²) in [7, 11) is 0. The summed E-state index contributed by atoms with van der Waals surface area (Å²) in [6.07, 6.45) is 6.84. The van der Waals surface area contributed by atoms with Gasteiger partial charge in [0.05, 0.1) is 23.0 Å². The van der Waals surface area contributed by atoms with E-state index in [1.165, 1.54) is 0 Å². The third-order valence-electron chi connectivity index (χ3n) is 5.29. The number of aromatic nitrogens is 3. The van der Waals surface area contributed by atoms with Gasteiger partial charge < -0.3 is 16.0 Å². The molecule has 0 aliphatic carbocycles. The first kappa shape index (κ1) is 20.9. The number of nitrogens with zero attached hydrogens (tertiary/aromatic N) is 4. The van der Waals surface area contributed by atoms with E-state index >= 15 is 0 Å². The van der Waals surface area contributed by atoms with Gasteiger partial charge in [-0.25, -0.2) is 4.98 Å². The molecule has 7 nitrogen and oxygen atoms in total. The first-order chi connectivity index (χ1) is 16.8. The van der Waals surface area contributed by atoms with Crippen LogP contribution in [0.5, 0.6) is 0 Å². The predicted molar refractivity (Wildman–Crippen MR) is 135 cm³/mol. The third-order valence-corrected chi connectivity index (χ3v) is 5.29. The number of pyridine rings is 3. The van der Waals surface area contributed by atoms with Gasteiger partial charge in [-0.15, -0.1) is 0 Å². The SMILES string of the molecule is N#Cc1cnc2cnc(NCc3cccnc3)cc2c1Nc1ccc(Nc2ccccc2)cc1. The zero-order chi connectivity index (χ0) is 23.2. The standard InChI is InChI=1S/C27H21N7/c28-14-20-17-30-25-18-32-26(31-16-19-5-4-12-29-15-19)13-24(25)27(20)34-23-10-8-22(9-11-23)33-21-6-2-1-3-7-21/h1-13,15,17-18,33H,16H2,(H,30,34)(H,31,32). The van der Waals surface area contributed by atoms with Gasteiger partial charge in [-0.05, 0) is 54.1 Å². The number of hydrogen-bond acceptors (Lipinski definition) is 7. The Bertz CT molecular complexity index is 1440. The van der Waals surface area contributed by atoms with Crippen LogP contribution in [0.2, 0.25) is 0 Å². The molecule has 0 atom stereocenters. The van der Waals surface area contributed by atoms with Crippen LogP contribution < -0.4 is 16.0 Å². The molecule has 0 saturated heterocycles. The molecule has 5 rings (SSSR count). The van der Waals surface area contributed by atoms with E-state index in [1.807, 2.05) is 79.0 Å². The molecular formula is C27H21N7. The van der Waals surface area contributed by atoms with Gasteiger partial charge in [0.15, 0.2) is 0 Å². The summed E-state index contributed by atoms with van der Waals surface area (Å²) >= 11 is 0. The van der Waals surface area contributed by atoms with Crippen molar-refractivity contribution in [2.24, 2.45) is 0 Å². The lowest BCUT2D eigenvalue weighted by Crippen LogP contribution is -2.03. The number of nitriles is 1. The van der Waals surface area contributed by atoms with Crippen molar-refractivity contribution < 1.29 is 0 Å². The summed E-state index contributed by atoms with van der Waals surface area (Å²) in [5, 5.41) is 20.6. The van der Waals surface area contributed by atoms with Crippen molar-refractivity contribution in [1.29, 1.82) is 5.26 Å². The van der Waals surface area contributed by atoms with Crippen molar-refractivity contribution in [2.75, 3.05) is 16.0 Å². The van der Waals surface area contributed by atoms with E-state index in [0.717, 1.165) is 28.0 Å². The normalized spacial score (nSPS) is 10.4. The summed E-state index contributed by atoms with van der Waals surface area (Å²) in [6, 6.07) is 26.0. The van der Waals surface area contributed by atoms with Crippen LogP contribution in [0.15, 0.2) is 97.6 Å². The van der Waals surface area contributed by atoms with Crippen molar-refractivity contribution in [3.8, 4) is 6.07 Å². The lowest BCUT2D eigenvalue weighted by molar-refractivity contribution is 1.09. The molecule has 5 aromatic rings. The molecule has 34 heavy (non-hydrogen) atoms. The monoisotopic (exact) mass is 443 g/mol. The number of fused-ring (bicyclic) bond motifs is 1. The minimum Gasteiger partial charge on any atom is -0.366 e. The average molecular weight is 444 g/mol. The van der Waals surface area contributed by atoms with Crippen LogP contribution in [0.1, 0.15) is 11.1 Å². The summed E-state index contributed by atoms with van der Waals surface area (Å²) in [4.78, 5) is 13.0. The summed E-state index contributed by atoms with van der Waals surface area (Å²) < 4.78 is 0. The van der Waals surface area contributed by atoms with E-state index in [4.69, 9.17) is 0 Å². The van der Waals surface area contributed by atoms with Gasteiger partial charge in [-0.2, -0.15) is 5.26 Å². The molecule has 0 aliphatic heterocycles. The minimum absolute atomic E-state index is 0.461. The maximum Gasteiger partial charge on any atom is 0.126 e. The maximum atomic E-state index is 9.71. The Morgan fingerprint density at radius 2 is 1.53 bits per heavy atom. The van der Waals surface area contributed by atoms with E-state index in [-0.39, 0.29) is 0 Å². The molecule has 0 saturated carbocycles. The molecular weight excluding hydrogens is 422 g/mol. The largest absolute Gasteiger partial charge is 0.366 e. The van der Waals surface area contributed by atoms with E-state index in [2.05, 4.69) is 37.0 Å². The summed E-state index contributed by atoms with van der Waals surface area (Å²) in [6.45, 7) is 0.594. The zero-order valence-corrected chi connectivity index (χ0v) is 18.2. The van der Waals surface area contributed by atoms with Crippen LogP contribution in [-0.2, 0) is 6.54 Å². The van der Waals surface area contributed by atoms with Gasteiger partial charge in [0, 0.05) is 47.6 Å². The van der Waals surface area contributed by atoms with Crippen molar-refractivity contribution >= 4 is 39.5 Å². The highest BCUT2D eigenvalue weighted by Gasteiger charge is 2.11. The van der Waals surface area contributed by atoms with Crippen molar-refractivity contribution in [3.05, 3.63) is 109 Å². The number of hydrogen-bond donors (Lipinski definition) is 3. The van der Waals surface area contributed by atoms with Gasteiger partial charge in [0.1, 0.15) is 11.9 Å². The Morgan fingerprint density at radius 3 is 2.26 bits per heavy atom. The van der Waals surface area contributed by atoms with E-state index in [1.54, 1.807) is 18.6 Å². The van der Waals surface area contributed by atoms with Gasteiger partial charge in [0.25, 0.3) is 0 Å². The molecule has 2 aromatic carbocycles. The topological polar surface area (TPSA) is 98.6 Å². The number of rotatable bonds is 7. The fourth-order valence-electron chi connectivity index (χ4n) is 3.58. The highest BCUT2D eigenvalue weighted by Crippen LogP contribution is 2.30. The van der Waals surface area contributed by atoms with Crippen LogP contribution >= 0.6 is 0 Å². The lowest BCUT2D eigenvalue weighted by Gasteiger charge is -2.14. The molecule has 0 amide bonds. The molecule has 3 heterocycles. The molecule has 0 aliphatic rings. The number of anilines is 5. The van der Waals surface area contributed by atoms with Gasteiger partial charge in [0.2, 0.25) is 0 Å². The van der Waals surface area contributed by atoms with Crippen LogP contribution in [0.4, 0.5) is 28.6 Å². The second-order valence-corrected chi connectivity index (χ2v) is 7.65. The molecule has 164 valence electrons. The molecule has 0 radical (unpaired) electrons. The quantitative estimate of drug-likeness (QED) is 0.284. The molecule has 3 N–H and O–H groups in total. The summed E-state index contributed by atoms with van der Waals surface area (Å²) in [5.74, 6) is 0.693. The number of benzene rings is 2. The van der Waals surface area contributed by atoms with Crippen molar-refractivity contribution in [1.82, 2.24) is 15.0 Å². The average Bonchev–Trinajstić information content (AvgIpc) is 2.90. The van der Waals surface area contributed by atoms with Crippen LogP contribution in [0.3, 0.4) is 0 Å². The van der Waals surface area contributed by atoms with Crippen molar-refractivity contribution in [3.63, 3.8) is 0 Å². The van der Waals surface area contributed by atoms with Crippen LogP contribution in [0.25, 0.3) is 10.9 Å². The van der Waals surface area contributed by atoms with Gasteiger partial charge >= 0.3 is 0 Å². The van der Waals surface area contributed by atoms with E-state index in [9.17, 15) is 5.26 Å². The van der Waals surface area contributed by atoms with E-state index < -0.39 is 0 Å². The van der Waals surface area contributed by atoms with Crippen molar-refractivity contribution in [2.45, 2.75) is 6.54 Å². The number of nitrogens with one attached hydrogen (secondary N) is 3. The lowest BCUT2D eigenvalue weighted by atomic mass is 10.1. The summed E-state index contributed by atoms with van der Waals surface area (Å²) in [5.41, 5.74) is 5.78. The second-order valence-electron chi connectivity index (χ2n) is 7.65. The highest BCUT2D eigenvalue weighted by molar-refractivity contribution is 5.96. The minimum atomic E-state index is 0.461. The van der Waals surface area contributed by atoms with Crippen LogP contribution in [-0.4, -0.2) is 15.0 Å². The van der Waals surface area contributed by atoms with Gasteiger partial charge in [-0.3, -0.25) is 9.97 Å². The highest BCUT2D eigenvalue weighted by atomic mass is 15.0. The molecule has 0 fully saturated rings. The maximum absolute atomic E-state index is 9.71. The molecule has 7 heteroatoms. The molecule has 0 bridgehead atoms. The predicted octanol–water partition coefficient (Wildman–Crippen LogP) is 6.00. The second kappa shape index (κ2) is 9.67. The Morgan fingerprint density at radius 1 is 0.765 bits per heavy atom. The van der Waals surface area contributed by atoms with Crippen LogP contribution in [0, 0.1) is 11.3 Å². The van der Waals surface area contributed by atoms with Gasteiger partial charge in [-0.1, -0.05) is 24.3 Å². The smallest absolute Gasteiger partial charge is 0.126 e. The Labute approximate surface area is 197 Å². The Hall–Kier alpha value is -4.96. The Balaban J connectivity index is 1.40. The molecule has 3 aromatic heterocycles. The Kier molecular flexibility index (Phi) is 5.95. The fraction of sp³-hybridized carbons (Fsp3) is 0.0370. The zero-order valence-electron chi connectivity index (χ0n) is 18.2. The number of para-hydroxylation sites is 1. The third kappa shape index (κ3) is 4.76. The molecule has 0 spiro atoms.